The third-order valence-electron chi connectivity index (χ3n) is 3.26. The second-order valence-corrected chi connectivity index (χ2v) is 4.78. The average Bonchev–Trinajstić information content (AvgIpc) is 2.68. The van der Waals surface area contributed by atoms with Crippen LogP contribution in [0, 0.1) is 0 Å². The summed E-state index contributed by atoms with van der Waals surface area (Å²) in [6, 6.07) is 3.72. The number of pyridine rings is 1. The largest absolute Gasteiger partial charge is 0.383 e. The summed E-state index contributed by atoms with van der Waals surface area (Å²) < 4.78 is 7.21. The summed E-state index contributed by atoms with van der Waals surface area (Å²) in [6.45, 7) is 1.58. The Kier molecular flexibility index (Phi) is 2.68. The molecule has 17 heavy (non-hydrogen) atoms. The van der Waals surface area contributed by atoms with E-state index in [1.807, 2.05) is 22.7 Å². The highest BCUT2D eigenvalue weighted by Crippen LogP contribution is 2.31. The summed E-state index contributed by atoms with van der Waals surface area (Å²) in [5.74, 6) is 1.11. The molecule has 0 aromatic carbocycles. The molecule has 2 aromatic rings. The Morgan fingerprint density at radius 2 is 2.12 bits per heavy atom. The van der Waals surface area contributed by atoms with E-state index in [4.69, 9.17) is 22.1 Å². The zero-order chi connectivity index (χ0) is 11.8. The van der Waals surface area contributed by atoms with Gasteiger partial charge in [-0.2, -0.15) is 0 Å². The minimum Gasteiger partial charge on any atom is -0.383 e. The van der Waals surface area contributed by atoms with Gasteiger partial charge in [0.25, 0.3) is 0 Å². The van der Waals surface area contributed by atoms with Crippen LogP contribution in [0.4, 0.5) is 5.82 Å². The molecule has 0 bridgehead atoms. The topological polar surface area (TPSA) is 52.5 Å². The number of nitrogens with two attached hydrogens (primary N) is 1. The normalized spacial score (nSPS) is 17.7. The number of rotatable bonds is 1. The van der Waals surface area contributed by atoms with Crippen LogP contribution in [0.1, 0.15) is 24.5 Å². The van der Waals surface area contributed by atoms with E-state index < -0.39 is 0 Å². The Morgan fingerprint density at radius 1 is 1.35 bits per heavy atom. The smallest absolute Gasteiger partial charge is 0.138 e. The minimum atomic E-state index is 0.405. The van der Waals surface area contributed by atoms with Crippen LogP contribution in [0.2, 0.25) is 5.02 Å². The van der Waals surface area contributed by atoms with Crippen LogP contribution in [-0.4, -0.2) is 22.6 Å². The van der Waals surface area contributed by atoms with Gasteiger partial charge < -0.3 is 10.5 Å². The number of hydrogen-bond donors (Lipinski definition) is 1. The van der Waals surface area contributed by atoms with Gasteiger partial charge in [0.05, 0.1) is 10.7 Å². The maximum Gasteiger partial charge on any atom is 0.138 e. The third kappa shape index (κ3) is 1.87. The van der Waals surface area contributed by atoms with E-state index >= 15 is 0 Å². The second kappa shape index (κ2) is 4.20. The van der Waals surface area contributed by atoms with Gasteiger partial charge in [0, 0.05) is 25.3 Å². The van der Waals surface area contributed by atoms with Gasteiger partial charge >= 0.3 is 0 Å². The molecule has 90 valence electrons. The van der Waals surface area contributed by atoms with Crippen LogP contribution >= 0.6 is 11.6 Å². The Morgan fingerprint density at radius 3 is 2.88 bits per heavy atom. The fourth-order valence-corrected chi connectivity index (χ4v) is 2.49. The first-order chi connectivity index (χ1) is 8.25. The van der Waals surface area contributed by atoms with Crippen molar-refractivity contribution in [1.29, 1.82) is 0 Å². The fourth-order valence-electron chi connectivity index (χ4n) is 2.33. The maximum absolute atomic E-state index is 6.14. The highest BCUT2D eigenvalue weighted by molar-refractivity contribution is 6.30. The van der Waals surface area contributed by atoms with Crippen LogP contribution in [0.3, 0.4) is 0 Å². The Hall–Kier alpha value is -1.26. The fraction of sp³-hybridized carbons (Fsp3) is 0.417. The van der Waals surface area contributed by atoms with E-state index in [9.17, 15) is 0 Å². The molecule has 0 saturated carbocycles. The molecular formula is C12H14ClN3O. The predicted molar refractivity (Wildman–Crippen MR) is 67.4 cm³/mol. The number of nitrogen functional groups attached to an aromatic ring is 1. The summed E-state index contributed by atoms with van der Waals surface area (Å²) >= 11 is 5.96. The molecule has 0 radical (unpaired) electrons. The molecule has 0 amide bonds. The lowest BCUT2D eigenvalue weighted by atomic mass is 9.96. The minimum absolute atomic E-state index is 0.405. The number of aromatic nitrogens is 2. The van der Waals surface area contributed by atoms with E-state index in [-0.39, 0.29) is 0 Å². The zero-order valence-electron chi connectivity index (χ0n) is 9.40. The van der Waals surface area contributed by atoms with Gasteiger partial charge in [0.2, 0.25) is 0 Å². The number of hydrogen-bond acceptors (Lipinski definition) is 3. The van der Waals surface area contributed by atoms with Crippen molar-refractivity contribution in [3.05, 3.63) is 29.0 Å². The summed E-state index contributed by atoms with van der Waals surface area (Å²) in [5, 5.41) is 0.667. The molecule has 0 spiro atoms. The SMILES string of the molecule is Nc1c(C2CCOCC2)nc2ccc(Cl)cn12. The van der Waals surface area contributed by atoms with Crippen molar-refractivity contribution in [3.8, 4) is 0 Å². The molecule has 1 saturated heterocycles. The zero-order valence-corrected chi connectivity index (χ0v) is 10.2. The molecule has 3 heterocycles. The lowest BCUT2D eigenvalue weighted by molar-refractivity contribution is 0.0847. The molecule has 3 rings (SSSR count). The summed E-state index contributed by atoms with van der Waals surface area (Å²) in [4.78, 5) is 4.60. The average molecular weight is 252 g/mol. The molecule has 5 heteroatoms. The van der Waals surface area contributed by atoms with E-state index in [0.717, 1.165) is 37.4 Å². The Balaban J connectivity index is 2.07. The monoisotopic (exact) mass is 251 g/mol. The first-order valence-electron chi connectivity index (χ1n) is 5.76. The lowest BCUT2D eigenvalue weighted by Gasteiger charge is -2.20. The maximum atomic E-state index is 6.14. The van der Waals surface area contributed by atoms with Crippen molar-refractivity contribution in [2.24, 2.45) is 0 Å². The van der Waals surface area contributed by atoms with E-state index in [1.54, 1.807) is 0 Å². The van der Waals surface area contributed by atoms with E-state index in [0.29, 0.717) is 16.8 Å². The number of ether oxygens (including phenoxy) is 1. The standard InChI is InChI=1S/C12H14ClN3O/c13-9-1-2-10-15-11(12(14)16(10)7-9)8-3-5-17-6-4-8/h1-2,7-8H,3-6,14H2. The number of halogens is 1. The van der Waals surface area contributed by atoms with Gasteiger partial charge in [-0.25, -0.2) is 4.98 Å². The predicted octanol–water partition coefficient (Wildman–Crippen LogP) is 2.46. The number of anilines is 1. The number of nitrogens with zero attached hydrogens (tertiary/aromatic N) is 2. The van der Waals surface area contributed by atoms with Gasteiger partial charge in [-0.05, 0) is 25.0 Å². The van der Waals surface area contributed by atoms with Crippen molar-refractivity contribution in [1.82, 2.24) is 9.38 Å². The van der Waals surface area contributed by atoms with Crippen LogP contribution in [0.15, 0.2) is 18.3 Å². The number of imidazole rings is 1. The van der Waals surface area contributed by atoms with Crippen LogP contribution in [0.5, 0.6) is 0 Å². The van der Waals surface area contributed by atoms with Gasteiger partial charge in [-0.3, -0.25) is 4.40 Å². The lowest BCUT2D eigenvalue weighted by Crippen LogP contribution is -2.15. The molecule has 4 nitrogen and oxygen atoms in total. The third-order valence-corrected chi connectivity index (χ3v) is 3.48. The molecular weight excluding hydrogens is 238 g/mol. The van der Waals surface area contributed by atoms with Crippen LogP contribution < -0.4 is 5.73 Å². The van der Waals surface area contributed by atoms with E-state index in [2.05, 4.69) is 4.98 Å². The highest BCUT2D eigenvalue weighted by Gasteiger charge is 2.22. The molecule has 1 fully saturated rings. The summed E-state index contributed by atoms with van der Waals surface area (Å²) in [6.07, 6.45) is 3.78. The quantitative estimate of drug-likeness (QED) is 0.847. The molecule has 0 unspecified atom stereocenters. The molecule has 2 N–H and O–H groups in total. The molecule has 0 atom stereocenters. The molecule has 1 aliphatic rings. The molecule has 0 aliphatic carbocycles. The first kappa shape index (κ1) is 10.9. The van der Waals surface area contributed by atoms with Gasteiger partial charge in [-0.15, -0.1) is 0 Å². The summed E-state index contributed by atoms with van der Waals surface area (Å²) in [7, 11) is 0. The Labute approximate surface area is 104 Å². The van der Waals surface area contributed by atoms with Gasteiger partial charge in [-0.1, -0.05) is 11.6 Å². The van der Waals surface area contributed by atoms with Gasteiger partial charge in [0.1, 0.15) is 11.5 Å². The van der Waals surface area contributed by atoms with E-state index in [1.165, 1.54) is 0 Å². The number of fused-ring (bicyclic) bond motifs is 1. The molecule has 2 aromatic heterocycles. The Bertz CT molecular complexity index is 546. The van der Waals surface area contributed by atoms with Crippen molar-refractivity contribution >= 4 is 23.1 Å². The molecule has 1 aliphatic heterocycles. The van der Waals surface area contributed by atoms with Gasteiger partial charge in [0.15, 0.2) is 0 Å². The van der Waals surface area contributed by atoms with Crippen molar-refractivity contribution in [2.75, 3.05) is 18.9 Å². The van der Waals surface area contributed by atoms with Crippen molar-refractivity contribution < 1.29 is 4.74 Å². The second-order valence-electron chi connectivity index (χ2n) is 4.34. The van der Waals surface area contributed by atoms with Crippen LogP contribution in [0.25, 0.3) is 5.65 Å². The first-order valence-corrected chi connectivity index (χ1v) is 6.14. The van der Waals surface area contributed by atoms with Crippen molar-refractivity contribution in [2.45, 2.75) is 18.8 Å². The highest BCUT2D eigenvalue weighted by atomic mass is 35.5. The van der Waals surface area contributed by atoms with Crippen molar-refractivity contribution in [3.63, 3.8) is 0 Å². The van der Waals surface area contributed by atoms with Crippen LogP contribution in [-0.2, 0) is 4.74 Å². The summed E-state index contributed by atoms with van der Waals surface area (Å²) in [5.41, 5.74) is 7.98.